The zero-order valence-corrected chi connectivity index (χ0v) is 17.3. The van der Waals surface area contributed by atoms with Crippen molar-refractivity contribution < 1.29 is 14.3 Å². The molecule has 3 rings (SSSR count). The van der Waals surface area contributed by atoms with Gasteiger partial charge in [-0.15, -0.1) is 10.2 Å². The maximum absolute atomic E-state index is 12.5. The Morgan fingerprint density at radius 3 is 2.57 bits per heavy atom. The molecular weight excluding hydrogens is 384 g/mol. The summed E-state index contributed by atoms with van der Waals surface area (Å²) < 4.78 is 7.57. The first-order valence-corrected chi connectivity index (χ1v) is 9.58. The van der Waals surface area contributed by atoms with Crippen LogP contribution >= 0.6 is 0 Å². The molecule has 0 bridgehead atoms. The Bertz CT molecular complexity index is 1030. The van der Waals surface area contributed by atoms with E-state index in [1.54, 1.807) is 36.6 Å². The number of hydrogen-bond donors (Lipinski definition) is 3. The van der Waals surface area contributed by atoms with Crippen LogP contribution in [0.3, 0.4) is 0 Å². The Balaban J connectivity index is 1.86. The fraction of sp³-hybridized carbons (Fsp3) is 0.333. The van der Waals surface area contributed by atoms with Crippen LogP contribution < -0.4 is 16.4 Å². The van der Waals surface area contributed by atoms with Crippen molar-refractivity contribution in [3.05, 3.63) is 60.0 Å². The molecule has 4 N–H and O–H groups in total. The van der Waals surface area contributed by atoms with E-state index in [2.05, 4.69) is 20.8 Å². The third-order valence-electron chi connectivity index (χ3n) is 4.35. The molecule has 0 saturated heterocycles. The normalized spacial score (nSPS) is 12.5. The van der Waals surface area contributed by atoms with Crippen molar-refractivity contribution in [2.45, 2.75) is 39.0 Å². The number of benzene rings is 1. The number of aromatic nitrogens is 3. The number of fused-ring (bicyclic) bond motifs is 1. The van der Waals surface area contributed by atoms with E-state index >= 15 is 0 Å². The molecular formula is C21H26N6O3. The molecule has 0 radical (unpaired) electrons. The van der Waals surface area contributed by atoms with Crippen molar-refractivity contribution >= 4 is 23.1 Å². The van der Waals surface area contributed by atoms with Gasteiger partial charge in [-0.25, -0.2) is 0 Å². The summed E-state index contributed by atoms with van der Waals surface area (Å²) in [7, 11) is 0. The zero-order chi connectivity index (χ0) is 21.7. The number of hydrogen-bond acceptors (Lipinski definition) is 6. The minimum atomic E-state index is -1.07. The molecule has 0 aliphatic carbocycles. The summed E-state index contributed by atoms with van der Waals surface area (Å²) in [5.74, 6) is -0.0571. The van der Waals surface area contributed by atoms with Crippen LogP contribution in [0.2, 0.25) is 0 Å². The second-order valence-electron chi connectivity index (χ2n) is 7.63. The molecule has 3 aromatic rings. The molecule has 2 heterocycles. The molecule has 1 atom stereocenters. The molecule has 158 valence electrons. The van der Waals surface area contributed by atoms with Gasteiger partial charge in [0.2, 0.25) is 11.8 Å². The Kier molecular flexibility index (Phi) is 6.43. The zero-order valence-electron chi connectivity index (χ0n) is 17.3. The molecule has 9 heteroatoms. The van der Waals surface area contributed by atoms with E-state index in [9.17, 15) is 9.59 Å². The Morgan fingerprint density at radius 1 is 1.17 bits per heavy atom. The molecule has 2 aromatic heterocycles. The maximum atomic E-state index is 12.5. The maximum Gasteiger partial charge on any atom is 0.240 e. The summed E-state index contributed by atoms with van der Waals surface area (Å²) in [5.41, 5.74) is 7.06. The van der Waals surface area contributed by atoms with Crippen LogP contribution in [0.5, 0.6) is 0 Å². The van der Waals surface area contributed by atoms with Gasteiger partial charge in [0.05, 0.1) is 24.4 Å². The van der Waals surface area contributed by atoms with Crippen molar-refractivity contribution in [2.75, 3.05) is 11.9 Å². The lowest BCUT2D eigenvalue weighted by atomic mass is 10.1. The van der Waals surface area contributed by atoms with Gasteiger partial charge in [0.15, 0.2) is 11.5 Å². The first-order valence-electron chi connectivity index (χ1n) is 9.58. The second-order valence-corrected chi connectivity index (χ2v) is 7.63. The lowest BCUT2D eigenvalue weighted by Crippen LogP contribution is -2.50. The van der Waals surface area contributed by atoms with Gasteiger partial charge >= 0.3 is 0 Å². The highest BCUT2D eigenvalue weighted by molar-refractivity contribution is 5.88. The number of rotatable bonds is 8. The van der Waals surface area contributed by atoms with Crippen LogP contribution in [-0.4, -0.2) is 38.6 Å². The van der Waals surface area contributed by atoms with E-state index in [0.717, 1.165) is 5.56 Å². The summed E-state index contributed by atoms with van der Waals surface area (Å²) in [4.78, 5) is 23.9. The summed E-state index contributed by atoms with van der Waals surface area (Å²) in [5, 5.41) is 14.0. The smallest absolute Gasteiger partial charge is 0.240 e. The number of anilines is 1. The highest BCUT2D eigenvalue weighted by atomic mass is 16.5. The fourth-order valence-corrected chi connectivity index (χ4v) is 2.82. The molecule has 0 aliphatic rings. The van der Waals surface area contributed by atoms with E-state index in [1.165, 1.54) is 6.92 Å². The Hall–Kier alpha value is -3.30. The lowest BCUT2D eigenvalue weighted by Gasteiger charge is -2.23. The topological polar surface area (TPSA) is 124 Å². The van der Waals surface area contributed by atoms with Crippen LogP contribution in [0.25, 0.3) is 5.65 Å². The molecule has 0 aliphatic heterocycles. The van der Waals surface area contributed by atoms with Gasteiger partial charge < -0.3 is 21.1 Å². The van der Waals surface area contributed by atoms with Crippen molar-refractivity contribution in [3.8, 4) is 0 Å². The molecule has 9 nitrogen and oxygen atoms in total. The monoisotopic (exact) mass is 410 g/mol. The summed E-state index contributed by atoms with van der Waals surface area (Å²) >= 11 is 0. The average molecular weight is 410 g/mol. The number of ether oxygens (including phenoxy) is 1. The van der Waals surface area contributed by atoms with Crippen molar-refractivity contribution in [2.24, 2.45) is 5.73 Å². The number of nitrogens with one attached hydrogen (secondary N) is 2. The van der Waals surface area contributed by atoms with Crippen LogP contribution in [0.15, 0.2) is 48.7 Å². The van der Waals surface area contributed by atoms with Crippen LogP contribution in [0.4, 0.5) is 5.69 Å². The standard InChI is InChI=1S/C21H26N6O3/c1-14(28)23-16-9-10-18-25-26-19(27(18)11-16)17(24-20(29)21(2,3)22)13-30-12-15-7-5-4-6-8-15/h4-11,17H,12-13,22H2,1-3H3,(H,23,28)(H,24,29)/t17-/m1/s1. The highest BCUT2D eigenvalue weighted by Gasteiger charge is 2.28. The predicted molar refractivity (Wildman–Crippen MR) is 113 cm³/mol. The summed E-state index contributed by atoms with van der Waals surface area (Å²) in [6.07, 6.45) is 1.70. The Morgan fingerprint density at radius 2 is 1.90 bits per heavy atom. The van der Waals surface area contributed by atoms with Gasteiger partial charge in [0.1, 0.15) is 6.04 Å². The van der Waals surface area contributed by atoms with E-state index in [0.29, 0.717) is 23.8 Å². The predicted octanol–water partition coefficient (Wildman–Crippen LogP) is 1.80. The van der Waals surface area contributed by atoms with Crippen molar-refractivity contribution in [3.63, 3.8) is 0 Å². The third kappa shape index (κ3) is 5.40. The summed E-state index contributed by atoms with van der Waals surface area (Å²) in [6.45, 7) is 5.23. The molecule has 30 heavy (non-hydrogen) atoms. The highest BCUT2D eigenvalue weighted by Crippen LogP contribution is 2.18. The lowest BCUT2D eigenvalue weighted by molar-refractivity contribution is -0.126. The van der Waals surface area contributed by atoms with E-state index in [1.807, 2.05) is 30.3 Å². The van der Waals surface area contributed by atoms with Crippen LogP contribution in [0, 0.1) is 0 Å². The third-order valence-corrected chi connectivity index (χ3v) is 4.35. The van der Waals surface area contributed by atoms with E-state index in [4.69, 9.17) is 10.5 Å². The number of nitrogens with two attached hydrogens (primary N) is 1. The molecule has 0 spiro atoms. The first kappa shape index (κ1) is 21.4. The number of nitrogens with zero attached hydrogens (tertiary/aromatic N) is 3. The molecule has 0 saturated carbocycles. The van der Waals surface area contributed by atoms with Gasteiger partial charge in [-0.3, -0.25) is 14.0 Å². The largest absolute Gasteiger partial charge is 0.374 e. The molecule has 1 aromatic carbocycles. The van der Waals surface area contributed by atoms with Gasteiger partial charge in [0, 0.05) is 13.1 Å². The minimum absolute atomic E-state index is 0.169. The van der Waals surface area contributed by atoms with E-state index < -0.39 is 11.6 Å². The summed E-state index contributed by atoms with van der Waals surface area (Å²) in [6, 6.07) is 12.6. The second kappa shape index (κ2) is 9.02. The Labute approximate surface area is 174 Å². The first-order chi connectivity index (χ1) is 14.2. The SMILES string of the molecule is CC(=O)Nc1ccc2nnc([C@@H](COCc3ccccc3)NC(=O)C(C)(C)N)n2c1. The van der Waals surface area contributed by atoms with Gasteiger partial charge in [-0.05, 0) is 31.5 Å². The fourth-order valence-electron chi connectivity index (χ4n) is 2.82. The van der Waals surface area contributed by atoms with Gasteiger partial charge in [0.25, 0.3) is 0 Å². The number of pyridine rings is 1. The van der Waals surface area contributed by atoms with E-state index in [-0.39, 0.29) is 18.4 Å². The van der Waals surface area contributed by atoms with Gasteiger partial charge in [-0.1, -0.05) is 30.3 Å². The average Bonchev–Trinajstić information content (AvgIpc) is 3.10. The quantitative estimate of drug-likeness (QED) is 0.520. The van der Waals surface area contributed by atoms with Gasteiger partial charge in [-0.2, -0.15) is 0 Å². The molecule has 0 unspecified atom stereocenters. The number of carbonyl (C=O) groups is 2. The van der Waals surface area contributed by atoms with Crippen LogP contribution in [-0.2, 0) is 20.9 Å². The van der Waals surface area contributed by atoms with Crippen molar-refractivity contribution in [1.82, 2.24) is 19.9 Å². The van der Waals surface area contributed by atoms with Crippen molar-refractivity contribution in [1.29, 1.82) is 0 Å². The number of amides is 2. The van der Waals surface area contributed by atoms with Crippen LogP contribution in [0.1, 0.15) is 38.2 Å². The number of carbonyl (C=O) groups excluding carboxylic acids is 2. The molecule has 2 amide bonds. The minimum Gasteiger partial charge on any atom is -0.374 e. The molecule has 0 fully saturated rings.